The Hall–Kier alpha value is -2.94. The van der Waals surface area contributed by atoms with Gasteiger partial charge in [0.15, 0.2) is 11.5 Å². The lowest BCUT2D eigenvalue weighted by Crippen LogP contribution is -2.40. The summed E-state index contributed by atoms with van der Waals surface area (Å²) < 4.78 is 16.4. The van der Waals surface area contributed by atoms with E-state index in [-0.39, 0.29) is 36.9 Å². The summed E-state index contributed by atoms with van der Waals surface area (Å²) in [6, 6.07) is 3.25. The number of esters is 3. The number of hydrogen-bond donors (Lipinski definition) is 2. The van der Waals surface area contributed by atoms with E-state index in [0.717, 1.165) is 25.7 Å². The fourth-order valence-corrected chi connectivity index (χ4v) is 3.81. The van der Waals surface area contributed by atoms with Gasteiger partial charge in [-0.25, -0.2) is 0 Å². The molecule has 0 aromatic heterocycles. The van der Waals surface area contributed by atoms with Crippen LogP contribution in [0, 0.1) is 11.8 Å². The standard InChI is InChI=1S/C28H43NO8/c1-6-8-10-12-23(30)36-21-15-14-20(16-22(21)37-24(31)13-11-9-7-2)25(26(29)27(32)33)19(5)17-35-28(34)18(3)4/h14-16,18-19,25-26H,6-13,17,29H2,1-5H3,(H,32,33)/t19?,25?,26-/m0/s1. The second-order valence-corrected chi connectivity index (χ2v) is 9.72. The number of benzene rings is 1. The number of carboxylic acid groups (broad SMARTS) is 1. The minimum atomic E-state index is -1.32. The number of aliphatic carboxylic acids is 1. The molecule has 37 heavy (non-hydrogen) atoms. The van der Waals surface area contributed by atoms with E-state index in [0.29, 0.717) is 18.4 Å². The molecule has 0 radical (unpaired) electrons. The molecule has 3 atom stereocenters. The van der Waals surface area contributed by atoms with Crippen molar-refractivity contribution in [3.8, 4) is 11.5 Å². The van der Waals surface area contributed by atoms with Crippen molar-refractivity contribution in [3.05, 3.63) is 23.8 Å². The van der Waals surface area contributed by atoms with Crippen LogP contribution >= 0.6 is 0 Å². The van der Waals surface area contributed by atoms with Gasteiger partial charge in [-0.15, -0.1) is 0 Å². The largest absolute Gasteiger partial charge is 0.480 e. The van der Waals surface area contributed by atoms with Gasteiger partial charge in [-0.2, -0.15) is 0 Å². The minimum absolute atomic E-state index is 0.0248. The quantitative estimate of drug-likeness (QED) is 0.165. The first-order valence-corrected chi connectivity index (χ1v) is 13.2. The molecule has 0 bridgehead atoms. The number of carboxylic acids is 1. The number of carbonyl (C=O) groups excluding carboxylic acids is 3. The van der Waals surface area contributed by atoms with Gasteiger partial charge in [0.05, 0.1) is 12.5 Å². The van der Waals surface area contributed by atoms with Crippen LogP contribution in [-0.2, 0) is 23.9 Å². The fraction of sp³-hybridized carbons (Fsp3) is 0.643. The fourth-order valence-electron chi connectivity index (χ4n) is 3.81. The molecule has 1 aromatic rings. The molecule has 208 valence electrons. The third-order valence-corrected chi connectivity index (χ3v) is 6.01. The maximum Gasteiger partial charge on any atom is 0.321 e. The molecule has 9 heteroatoms. The lowest BCUT2D eigenvalue weighted by molar-refractivity contribution is -0.149. The molecule has 3 N–H and O–H groups in total. The van der Waals surface area contributed by atoms with E-state index in [2.05, 4.69) is 0 Å². The molecule has 0 aliphatic heterocycles. The van der Waals surface area contributed by atoms with Crippen molar-refractivity contribution in [3.63, 3.8) is 0 Å². The van der Waals surface area contributed by atoms with E-state index in [9.17, 15) is 24.3 Å². The Balaban J connectivity index is 3.30. The normalized spacial score (nSPS) is 13.5. The molecule has 0 heterocycles. The van der Waals surface area contributed by atoms with Crippen LogP contribution in [0.2, 0.25) is 0 Å². The van der Waals surface area contributed by atoms with Crippen molar-refractivity contribution in [1.29, 1.82) is 0 Å². The van der Waals surface area contributed by atoms with Crippen molar-refractivity contribution in [1.82, 2.24) is 0 Å². The smallest absolute Gasteiger partial charge is 0.321 e. The van der Waals surface area contributed by atoms with E-state index in [1.54, 1.807) is 26.8 Å². The third kappa shape index (κ3) is 11.3. The molecule has 0 amide bonds. The van der Waals surface area contributed by atoms with Crippen LogP contribution in [0.4, 0.5) is 0 Å². The van der Waals surface area contributed by atoms with Gasteiger partial charge in [0.2, 0.25) is 0 Å². The predicted octanol–water partition coefficient (Wildman–Crippen LogP) is 4.99. The highest BCUT2D eigenvalue weighted by Crippen LogP contribution is 2.36. The van der Waals surface area contributed by atoms with Crippen molar-refractivity contribution >= 4 is 23.9 Å². The number of hydrogen-bond acceptors (Lipinski definition) is 8. The Bertz CT molecular complexity index is 898. The Labute approximate surface area is 220 Å². The van der Waals surface area contributed by atoms with E-state index < -0.39 is 41.8 Å². The summed E-state index contributed by atoms with van der Waals surface area (Å²) in [7, 11) is 0. The average Bonchev–Trinajstić information content (AvgIpc) is 2.84. The Kier molecular flexibility index (Phi) is 14.5. The molecule has 0 fully saturated rings. The zero-order valence-electron chi connectivity index (χ0n) is 22.8. The van der Waals surface area contributed by atoms with Gasteiger partial charge in [0.25, 0.3) is 0 Å². The van der Waals surface area contributed by atoms with Crippen LogP contribution in [-0.4, -0.2) is 41.6 Å². The summed E-state index contributed by atoms with van der Waals surface area (Å²) in [6.07, 6.45) is 5.42. The van der Waals surface area contributed by atoms with Gasteiger partial charge >= 0.3 is 23.9 Å². The monoisotopic (exact) mass is 521 g/mol. The average molecular weight is 522 g/mol. The van der Waals surface area contributed by atoms with E-state index in [4.69, 9.17) is 19.9 Å². The summed E-state index contributed by atoms with van der Waals surface area (Å²) in [6.45, 7) is 9.16. The van der Waals surface area contributed by atoms with E-state index in [1.807, 2.05) is 13.8 Å². The van der Waals surface area contributed by atoms with Gasteiger partial charge in [-0.1, -0.05) is 66.4 Å². The summed E-state index contributed by atoms with van der Waals surface area (Å²) in [5, 5.41) is 9.65. The van der Waals surface area contributed by atoms with Crippen LogP contribution in [0.15, 0.2) is 18.2 Å². The van der Waals surface area contributed by atoms with Crippen LogP contribution in [0.5, 0.6) is 11.5 Å². The number of carbonyl (C=O) groups is 4. The molecular formula is C28H43NO8. The molecular weight excluding hydrogens is 478 g/mol. The highest BCUT2D eigenvalue weighted by atomic mass is 16.6. The summed E-state index contributed by atoms with van der Waals surface area (Å²) in [5.41, 5.74) is 6.51. The minimum Gasteiger partial charge on any atom is -0.480 e. The van der Waals surface area contributed by atoms with Gasteiger partial charge < -0.3 is 25.1 Å². The predicted molar refractivity (Wildman–Crippen MR) is 139 cm³/mol. The molecule has 1 aromatic carbocycles. The summed E-state index contributed by atoms with van der Waals surface area (Å²) in [5.74, 6) is -4.02. The van der Waals surface area contributed by atoms with Crippen LogP contribution in [0.3, 0.4) is 0 Å². The van der Waals surface area contributed by atoms with Crippen molar-refractivity contribution < 1.29 is 38.5 Å². The number of rotatable bonds is 17. The van der Waals surface area contributed by atoms with E-state index in [1.165, 1.54) is 12.1 Å². The zero-order valence-corrected chi connectivity index (χ0v) is 22.8. The SMILES string of the molecule is CCCCCC(=O)Oc1ccc(C(C(C)COC(=O)C(C)C)[C@H](N)C(=O)O)cc1OC(=O)CCCCC. The van der Waals surface area contributed by atoms with Crippen molar-refractivity contribution in [2.24, 2.45) is 17.6 Å². The van der Waals surface area contributed by atoms with Crippen molar-refractivity contribution in [2.45, 2.75) is 97.9 Å². The Morgan fingerprint density at radius 2 is 1.41 bits per heavy atom. The van der Waals surface area contributed by atoms with Gasteiger partial charge in [0, 0.05) is 18.8 Å². The highest BCUT2D eigenvalue weighted by molar-refractivity contribution is 5.77. The number of ether oxygens (including phenoxy) is 3. The molecule has 0 saturated carbocycles. The van der Waals surface area contributed by atoms with Crippen LogP contribution in [0.25, 0.3) is 0 Å². The highest BCUT2D eigenvalue weighted by Gasteiger charge is 2.33. The first kappa shape index (κ1) is 32.1. The Morgan fingerprint density at radius 1 is 0.865 bits per heavy atom. The van der Waals surface area contributed by atoms with E-state index >= 15 is 0 Å². The lowest BCUT2D eigenvalue weighted by Gasteiger charge is -2.28. The summed E-state index contributed by atoms with van der Waals surface area (Å²) in [4.78, 5) is 48.6. The van der Waals surface area contributed by atoms with Gasteiger partial charge in [0.1, 0.15) is 6.04 Å². The van der Waals surface area contributed by atoms with Gasteiger partial charge in [-0.3, -0.25) is 19.2 Å². The molecule has 1 rings (SSSR count). The molecule has 0 spiro atoms. The first-order chi connectivity index (χ1) is 17.5. The number of nitrogens with two attached hydrogens (primary N) is 1. The summed E-state index contributed by atoms with van der Waals surface area (Å²) >= 11 is 0. The molecule has 9 nitrogen and oxygen atoms in total. The molecule has 0 aliphatic rings. The maximum absolute atomic E-state index is 12.5. The molecule has 0 aliphatic carbocycles. The number of unbranched alkanes of at least 4 members (excludes halogenated alkanes) is 4. The second-order valence-electron chi connectivity index (χ2n) is 9.72. The van der Waals surface area contributed by atoms with Gasteiger partial charge in [-0.05, 0) is 36.5 Å². The van der Waals surface area contributed by atoms with Crippen molar-refractivity contribution in [2.75, 3.05) is 6.61 Å². The topological polar surface area (TPSA) is 142 Å². The maximum atomic E-state index is 12.5. The van der Waals surface area contributed by atoms with Crippen LogP contribution < -0.4 is 15.2 Å². The first-order valence-electron chi connectivity index (χ1n) is 13.2. The Morgan fingerprint density at radius 3 is 1.89 bits per heavy atom. The third-order valence-electron chi connectivity index (χ3n) is 6.01. The molecule has 0 saturated heterocycles. The second kappa shape index (κ2) is 16.7. The molecule has 2 unspecified atom stereocenters. The zero-order chi connectivity index (χ0) is 28.0. The van der Waals surface area contributed by atoms with Crippen LogP contribution in [0.1, 0.15) is 97.5 Å². The lowest BCUT2D eigenvalue weighted by atomic mass is 9.82.